The Bertz CT molecular complexity index is 819. The van der Waals surface area contributed by atoms with Crippen LogP contribution in [0.25, 0.3) is 0 Å². The van der Waals surface area contributed by atoms with E-state index in [0.29, 0.717) is 40.8 Å². The Hall–Kier alpha value is -2.67. The first-order valence-electron chi connectivity index (χ1n) is 10.4. The average molecular weight is 452 g/mol. The number of halogens is 1. The van der Waals surface area contributed by atoms with Gasteiger partial charge in [0.25, 0.3) is 0 Å². The lowest BCUT2D eigenvalue weighted by Gasteiger charge is -2.33. The molecule has 1 atom stereocenters. The smallest absolute Gasteiger partial charge is 0.434 e. The Morgan fingerprint density at radius 3 is 1.90 bits per heavy atom. The number of hydrogen-bond donors (Lipinski definition) is 1. The van der Waals surface area contributed by atoms with Crippen molar-refractivity contribution in [2.24, 2.45) is 5.92 Å². The number of rotatable bonds is 8. The van der Waals surface area contributed by atoms with Gasteiger partial charge in [-0.2, -0.15) is 0 Å². The summed E-state index contributed by atoms with van der Waals surface area (Å²) in [6.45, 7) is 9.76. The molecule has 0 spiro atoms. The van der Waals surface area contributed by atoms with Gasteiger partial charge in [0, 0.05) is 5.02 Å². The minimum Gasteiger partial charge on any atom is -0.434 e. The molecule has 1 unspecified atom stereocenters. The molecule has 1 aromatic rings. The highest BCUT2D eigenvalue weighted by Crippen LogP contribution is 2.43. The first-order chi connectivity index (χ1) is 14.8. The molecule has 1 aromatic carbocycles. The van der Waals surface area contributed by atoms with E-state index in [2.05, 4.69) is 5.32 Å². The van der Waals surface area contributed by atoms with Crippen molar-refractivity contribution in [3.8, 4) is 0 Å². The van der Waals surface area contributed by atoms with Crippen LogP contribution in [-0.2, 0) is 18.9 Å². The van der Waals surface area contributed by atoms with Crippen molar-refractivity contribution in [1.29, 1.82) is 0 Å². The Kier molecular flexibility index (Phi) is 9.24. The van der Waals surface area contributed by atoms with Crippen LogP contribution in [-0.4, -0.2) is 25.5 Å². The minimum absolute atomic E-state index is 0.241. The Morgan fingerprint density at radius 1 is 0.968 bits per heavy atom. The largest absolute Gasteiger partial charge is 0.513 e. The summed E-state index contributed by atoms with van der Waals surface area (Å²) in [5.74, 6) is -0.289. The molecule has 1 N–H and O–H groups in total. The zero-order chi connectivity index (χ0) is 23.0. The van der Waals surface area contributed by atoms with E-state index >= 15 is 0 Å². The fourth-order valence-corrected chi connectivity index (χ4v) is 3.67. The van der Waals surface area contributed by atoms with Crippen LogP contribution in [0.5, 0.6) is 0 Å². The maximum Gasteiger partial charge on any atom is 0.513 e. The van der Waals surface area contributed by atoms with Gasteiger partial charge >= 0.3 is 12.3 Å². The summed E-state index contributed by atoms with van der Waals surface area (Å²) >= 11 is 6.44. The van der Waals surface area contributed by atoms with Crippen LogP contribution in [0.2, 0.25) is 5.02 Å². The van der Waals surface area contributed by atoms with E-state index in [9.17, 15) is 9.59 Å². The van der Waals surface area contributed by atoms with Crippen molar-refractivity contribution in [2.45, 2.75) is 53.4 Å². The van der Waals surface area contributed by atoms with E-state index in [1.807, 2.05) is 39.0 Å². The van der Waals surface area contributed by atoms with Gasteiger partial charge in [-0.25, -0.2) is 9.59 Å². The van der Waals surface area contributed by atoms with Crippen LogP contribution < -0.4 is 5.32 Å². The highest BCUT2D eigenvalue weighted by atomic mass is 35.5. The summed E-state index contributed by atoms with van der Waals surface area (Å²) in [4.78, 5) is 24.5. The summed E-state index contributed by atoms with van der Waals surface area (Å²) in [6.07, 6.45) is -0.299. The third kappa shape index (κ3) is 6.40. The summed E-state index contributed by atoms with van der Waals surface area (Å²) in [5.41, 5.74) is 2.05. The SMILES string of the molecule is CCCOC(=O)OC1=C(C)NC(C)=C(OC(=O)OCCC)C1C(C)c1ccccc1Cl. The summed E-state index contributed by atoms with van der Waals surface area (Å²) in [5, 5.41) is 3.67. The molecule has 8 heteroatoms. The fraction of sp³-hybridized carbons (Fsp3) is 0.478. The molecule has 170 valence electrons. The number of allylic oxidation sites excluding steroid dienone is 2. The van der Waals surface area contributed by atoms with E-state index in [0.717, 1.165) is 5.56 Å². The third-order valence-electron chi connectivity index (χ3n) is 4.81. The number of benzene rings is 1. The molecule has 1 heterocycles. The molecule has 31 heavy (non-hydrogen) atoms. The van der Waals surface area contributed by atoms with Crippen LogP contribution in [0, 0.1) is 5.92 Å². The second kappa shape index (κ2) is 11.6. The number of nitrogens with one attached hydrogen (secondary N) is 1. The second-order valence-electron chi connectivity index (χ2n) is 7.29. The predicted molar refractivity (Wildman–Crippen MR) is 117 cm³/mol. The van der Waals surface area contributed by atoms with E-state index in [-0.39, 0.29) is 19.1 Å². The van der Waals surface area contributed by atoms with Crippen molar-refractivity contribution in [2.75, 3.05) is 13.2 Å². The van der Waals surface area contributed by atoms with Crippen LogP contribution in [0.4, 0.5) is 9.59 Å². The lowest BCUT2D eigenvalue weighted by Crippen LogP contribution is -2.33. The summed E-state index contributed by atoms with van der Waals surface area (Å²) < 4.78 is 21.4. The molecule has 0 aliphatic carbocycles. The summed E-state index contributed by atoms with van der Waals surface area (Å²) in [6, 6.07) is 7.38. The molecule has 0 amide bonds. The molecule has 0 fully saturated rings. The molecule has 2 rings (SSSR count). The van der Waals surface area contributed by atoms with Crippen LogP contribution in [0.3, 0.4) is 0 Å². The molecular formula is C23H30ClNO6. The second-order valence-corrected chi connectivity index (χ2v) is 7.70. The van der Waals surface area contributed by atoms with E-state index in [4.69, 9.17) is 30.5 Å². The van der Waals surface area contributed by atoms with E-state index in [1.54, 1.807) is 19.9 Å². The van der Waals surface area contributed by atoms with Gasteiger partial charge in [0.15, 0.2) is 0 Å². The lowest BCUT2D eigenvalue weighted by molar-refractivity contribution is 0.0524. The topological polar surface area (TPSA) is 83.1 Å². The first-order valence-corrected chi connectivity index (χ1v) is 10.8. The molecule has 1 aliphatic heterocycles. The molecule has 7 nitrogen and oxygen atoms in total. The highest BCUT2D eigenvalue weighted by Gasteiger charge is 2.39. The van der Waals surface area contributed by atoms with Gasteiger partial charge in [-0.3, -0.25) is 0 Å². The van der Waals surface area contributed by atoms with Gasteiger partial charge in [0.1, 0.15) is 11.5 Å². The Balaban J connectivity index is 2.44. The average Bonchev–Trinajstić information content (AvgIpc) is 2.74. The third-order valence-corrected chi connectivity index (χ3v) is 5.15. The number of ether oxygens (including phenoxy) is 4. The van der Waals surface area contributed by atoms with Crippen LogP contribution in [0.1, 0.15) is 58.9 Å². The zero-order valence-electron chi connectivity index (χ0n) is 18.6. The van der Waals surface area contributed by atoms with Crippen LogP contribution >= 0.6 is 11.6 Å². The van der Waals surface area contributed by atoms with Crippen LogP contribution in [0.15, 0.2) is 47.2 Å². The van der Waals surface area contributed by atoms with Gasteiger partial charge in [0.2, 0.25) is 0 Å². The van der Waals surface area contributed by atoms with Crippen molar-refractivity contribution in [3.05, 3.63) is 57.8 Å². The standard InChI is InChI=1S/C23H30ClNO6/c1-6-12-28-22(26)30-20-15(4)25-16(5)21(31-23(27)29-13-7-2)19(20)14(3)17-10-8-9-11-18(17)24/h8-11,14,19,25H,6-7,12-13H2,1-5H3. The van der Waals surface area contributed by atoms with Gasteiger partial charge < -0.3 is 24.3 Å². The van der Waals surface area contributed by atoms with Crippen molar-refractivity contribution >= 4 is 23.9 Å². The molecule has 0 bridgehead atoms. The minimum atomic E-state index is -0.818. The number of carbonyl (C=O) groups excluding carboxylic acids is 2. The molecule has 0 radical (unpaired) electrons. The number of dihydropyridines is 1. The number of hydrogen-bond acceptors (Lipinski definition) is 7. The first kappa shape index (κ1) is 24.6. The monoisotopic (exact) mass is 451 g/mol. The van der Waals surface area contributed by atoms with Crippen molar-refractivity contribution in [3.63, 3.8) is 0 Å². The van der Waals surface area contributed by atoms with E-state index < -0.39 is 18.2 Å². The van der Waals surface area contributed by atoms with E-state index in [1.165, 1.54) is 0 Å². The molecule has 0 saturated heterocycles. The Labute approximate surface area is 188 Å². The molecule has 0 saturated carbocycles. The molecule has 1 aliphatic rings. The highest BCUT2D eigenvalue weighted by molar-refractivity contribution is 6.31. The Morgan fingerprint density at radius 2 is 1.45 bits per heavy atom. The summed E-state index contributed by atoms with van der Waals surface area (Å²) in [7, 11) is 0. The fourth-order valence-electron chi connectivity index (χ4n) is 3.36. The van der Waals surface area contributed by atoms with Gasteiger partial charge in [-0.1, -0.05) is 50.6 Å². The lowest BCUT2D eigenvalue weighted by atomic mass is 9.82. The maximum atomic E-state index is 12.3. The van der Waals surface area contributed by atoms with Crippen molar-refractivity contribution in [1.82, 2.24) is 5.32 Å². The predicted octanol–water partition coefficient (Wildman–Crippen LogP) is 6.25. The van der Waals surface area contributed by atoms with Gasteiger partial charge in [-0.15, -0.1) is 0 Å². The van der Waals surface area contributed by atoms with Gasteiger partial charge in [-0.05, 0) is 44.2 Å². The maximum absolute atomic E-state index is 12.3. The van der Waals surface area contributed by atoms with Gasteiger partial charge in [0.05, 0.1) is 30.5 Å². The van der Waals surface area contributed by atoms with Crippen molar-refractivity contribution < 1.29 is 28.5 Å². The molecule has 0 aromatic heterocycles. The zero-order valence-corrected chi connectivity index (χ0v) is 19.4. The normalized spacial score (nSPS) is 15.3. The quantitative estimate of drug-likeness (QED) is 0.467. The number of carbonyl (C=O) groups is 2. The molecular weight excluding hydrogens is 422 g/mol.